The third kappa shape index (κ3) is 4.45. The van der Waals surface area contributed by atoms with E-state index in [1.165, 1.54) is 5.56 Å². The van der Waals surface area contributed by atoms with Gasteiger partial charge in [0.2, 0.25) is 0 Å². The number of benzene rings is 1. The van der Waals surface area contributed by atoms with E-state index in [-0.39, 0.29) is 0 Å². The lowest BCUT2D eigenvalue weighted by Crippen LogP contribution is -2.14. The topological polar surface area (TPSA) is 37.8 Å². The second-order valence-electron chi connectivity index (χ2n) is 4.12. The highest BCUT2D eigenvalue weighted by Gasteiger charge is 2.08. The number of aryl methyl sites for hydroxylation is 1. The summed E-state index contributed by atoms with van der Waals surface area (Å²) in [5.41, 5.74) is 1.25. The minimum atomic E-state index is 0.753. The molecule has 0 bridgehead atoms. The third-order valence-corrected chi connectivity index (χ3v) is 4.70. The highest BCUT2D eigenvalue weighted by atomic mass is 35.5. The van der Waals surface area contributed by atoms with Crippen molar-refractivity contribution in [3.63, 3.8) is 0 Å². The first-order valence-corrected chi connectivity index (χ1v) is 8.17. The van der Waals surface area contributed by atoms with Crippen molar-refractivity contribution < 1.29 is 0 Å². The number of hydrogen-bond acceptors (Lipinski definition) is 5. The summed E-state index contributed by atoms with van der Waals surface area (Å²) in [4.78, 5) is 1.15. The Morgan fingerprint density at radius 3 is 2.89 bits per heavy atom. The summed E-state index contributed by atoms with van der Waals surface area (Å²) in [5.74, 6) is 0. The van der Waals surface area contributed by atoms with Gasteiger partial charge in [-0.2, -0.15) is 0 Å². The van der Waals surface area contributed by atoms with Crippen LogP contribution in [-0.2, 0) is 6.54 Å². The molecule has 1 aromatic heterocycles. The van der Waals surface area contributed by atoms with Crippen LogP contribution in [-0.4, -0.2) is 16.7 Å². The van der Waals surface area contributed by atoms with Gasteiger partial charge in [0.1, 0.15) is 5.01 Å². The molecule has 0 aliphatic carbocycles. The van der Waals surface area contributed by atoms with Crippen molar-refractivity contribution in [3.05, 3.63) is 33.8 Å². The van der Waals surface area contributed by atoms with Crippen LogP contribution in [0.5, 0.6) is 0 Å². The summed E-state index contributed by atoms with van der Waals surface area (Å²) in [5, 5.41) is 13.3. The lowest BCUT2D eigenvalue weighted by molar-refractivity contribution is 0.669. The smallest absolute Gasteiger partial charge is 0.179 e. The Morgan fingerprint density at radius 1 is 1.37 bits per heavy atom. The lowest BCUT2D eigenvalue weighted by Gasteiger charge is -2.09. The highest BCUT2D eigenvalue weighted by molar-refractivity contribution is 8.01. The molecule has 0 fully saturated rings. The van der Waals surface area contributed by atoms with Crippen molar-refractivity contribution >= 4 is 34.7 Å². The van der Waals surface area contributed by atoms with Gasteiger partial charge < -0.3 is 5.32 Å². The molecule has 3 nitrogen and oxygen atoms in total. The molecular weight excluding hydrogens is 298 g/mol. The number of halogens is 1. The lowest BCUT2D eigenvalue weighted by atomic mass is 10.2. The third-order valence-electron chi connectivity index (χ3n) is 2.48. The molecule has 1 heterocycles. The normalized spacial score (nSPS) is 10.9. The fourth-order valence-electron chi connectivity index (χ4n) is 1.58. The van der Waals surface area contributed by atoms with Crippen molar-refractivity contribution in [1.29, 1.82) is 0 Å². The number of rotatable bonds is 6. The van der Waals surface area contributed by atoms with E-state index in [9.17, 15) is 0 Å². The average Bonchev–Trinajstić information content (AvgIpc) is 2.78. The van der Waals surface area contributed by atoms with Gasteiger partial charge in [-0.05, 0) is 37.6 Å². The number of aromatic nitrogens is 2. The number of hydrogen-bond donors (Lipinski definition) is 1. The first-order valence-electron chi connectivity index (χ1n) is 6.16. The van der Waals surface area contributed by atoms with E-state index in [1.54, 1.807) is 23.1 Å². The fourth-order valence-corrected chi connectivity index (χ4v) is 3.76. The van der Waals surface area contributed by atoms with Crippen LogP contribution in [0.25, 0.3) is 0 Å². The Kier molecular flexibility index (Phi) is 5.63. The van der Waals surface area contributed by atoms with E-state index in [2.05, 4.69) is 28.5 Å². The van der Waals surface area contributed by atoms with Crippen LogP contribution >= 0.6 is 34.7 Å². The fraction of sp³-hybridized carbons (Fsp3) is 0.385. The van der Waals surface area contributed by atoms with Gasteiger partial charge in [0.15, 0.2) is 4.34 Å². The van der Waals surface area contributed by atoms with Crippen LogP contribution in [0.3, 0.4) is 0 Å². The molecule has 0 spiro atoms. The van der Waals surface area contributed by atoms with E-state index in [0.717, 1.165) is 38.8 Å². The summed E-state index contributed by atoms with van der Waals surface area (Å²) < 4.78 is 0.955. The summed E-state index contributed by atoms with van der Waals surface area (Å²) >= 11 is 9.31. The zero-order chi connectivity index (χ0) is 13.7. The van der Waals surface area contributed by atoms with Crippen molar-refractivity contribution in [3.8, 4) is 0 Å². The summed E-state index contributed by atoms with van der Waals surface area (Å²) in [6, 6.07) is 5.99. The molecule has 0 saturated carbocycles. The molecule has 1 N–H and O–H groups in total. The predicted octanol–water partition coefficient (Wildman–Crippen LogP) is 4.15. The molecule has 0 saturated heterocycles. The number of nitrogens with zero attached hydrogens (tertiary/aromatic N) is 2. The maximum absolute atomic E-state index is 6.08. The second-order valence-corrected chi connectivity index (χ2v) is 7.03. The Hall–Kier alpha value is -0.620. The van der Waals surface area contributed by atoms with E-state index < -0.39 is 0 Å². The molecule has 2 rings (SSSR count). The van der Waals surface area contributed by atoms with Crippen molar-refractivity contribution in [2.75, 3.05) is 6.54 Å². The molecule has 102 valence electrons. The molecule has 6 heteroatoms. The van der Waals surface area contributed by atoms with Crippen LogP contribution in [0.1, 0.15) is 23.9 Å². The Labute approximate surface area is 126 Å². The van der Waals surface area contributed by atoms with Crippen LogP contribution in [0.15, 0.2) is 27.4 Å². The van der Waals surface area contributed by atoms with E-state index in [4.69, 9.17) is 11.6 Å². The van der Waals surface area contributed by atoms with Crippen LogP contribution in [0.2, 0.25) is 5.02 Å². The van der Waals surface area contributed by atoms with Crippen LogP contribution < -0.4 is 5.32 Å². The monoisotopic (exact) mass is 313 g/mol. The Balaban J connectivity index is 2.14. The number of nitrogens with one attached hydrogen (secondary N) is 1. The minimum absolute atomic E-state index is 0.753. The highest BCUT2D eigenvalue weighted by Crippen LogP contribution is 2.34. The molecule has 0 atom stereocenters. The first-order chi connectivity index (χ1) is 9.19. The molecule has 0 radical (unpaired) electrons. The quantitative estimate of drug-likeness (QED) is 0.813. The van der Waals surface area contributed by atoms with E-state index in [1.807, 2.05) is 19.1 Å². The molecule has 2 aromatic rings. The van der Waals surface area contributed by atoms with Gasteiger partial charge in [-0.1, -0.05) is 47.7 Å². The molecule has 19 heavy (non-hydrogen) atoms. The average molecular weight is 314 g/mol. The van der Waals surface area contributed by atoms with Gasteiger partial charge in [-0.15, -0.1) is 10.2 Å². The van der Waals surface area contributed by atoms with Gasteiger partial charge >= 0.3 is 0 Å². The van der Waals surface area contributed by atoms with Crippen molar-refractivity contribution in [2.24, 2.45) is 0 Å². The standard InChI is InChI=1S/C13H16ClN3S2/c1-3-6-15-8-10-4-5-11(14)7-12(10)19-13-17-16-9(2)18-13/h4-5,7,15H,3,6,8H2,1-2H3. The summed E-state index contributed by atoms with van der Waals surface area (Å²) in [6.07, 6.45) is 1.13. The molecular formula is C13H16ClN3S2. The largest absolute Gasteiger partial charge is 0.313 e. The van der Waals surface area contributed by atoms with Gasteiger partial charge in [0.05, 0.1) is 0 Å². The minimum Gasteiger partial charge on any atom is -0.313 e. The molecule has 0 aliphatic rings. The zero-order valence-electron chi connectivity index (χ0n) is 10.9. The SMILES string of the molecule is CCCNCc1ccc(Cl)cc1Sc1nnc(C)s1. The molecule has 1 aromatic carbocycles. The van der Waals surface area contributed by atoms with Crippen molar-refractivity contribution in [1.82, 2.24) is 15.5 Å². The van der Waals surface area contributed by atoms with Gasteiger partial charge in [-0.25, -0.2) is 0 Å². The van der Waals surface area contributed by atoms with Crippen LogP contribution in [0, 0.1) is 6.92 Å². The van der Waals surface area contributed by atoms with Gasteiger partial charge in [0, 0.05) is 16.5 Å². The molecule has 0 aliphatic heterocycles. The maximum atomic E-state index is 6.08. The van der Waals surface area contributed by atoms with E-state index in [0.29, 0.717) is 0 Å². The van der Waals surface area contributed by atoms with Crippen molar-refractivity contribution in [2.45, 2.75) is 36.0 Å². The van der Waals surface area contributed by atoms with Gasteiger partial charge in [-0.3, -0.25) is 0 Å². The Bertz CT molecular complexity index is 542. The molecule has 0 unspecified atom stereocenters. The molecule has 0 amide bonds. The van der Waals surface area contributed by atoms with Crippen LogP contribution in [0.4, 0.5) is 0 Å². The van der Waals surface area contributed by atoms with E-state index >= 15 is 0 Å². The maximum Gasteiger partial charge on any atom is 0.179 e. The summed E-state index contributed by atoms with van der Waals surface area (Å²) in [6.45, 7) is 5.99. The van der Waals surface area contributed by atoms with Gasteiger partial charge in [0.25, 0.3) is 0 Å². The summed E-state index contributed by atoms with van der Waals surface area (Å²) in [7, 11) is 0. The Morgan fingerprint density at radius 2 is 2.21 bits per heavy atom. The predicted molar refractivity (Wildman–Crippen MR) is 82.2 cm³/mol. The zero-order valence-corrected chi connectivity index (χ0v) is 13.3. The second kappa shape index (κ2) is 7.24. The first kappa shape index (κ1) is 14.8.